The van der Waals surface area contributed by atoms with E-state index in [2.05, 4.69) is 42.7 Å². The molecule has 0 saturated heterocycles. The quantitative estimate of drug-likeness (QED) is 0.0788. The Morgan fingerprint density at radius 2 is 1.50 bits per heavy atom. The van der Waals surface area contributed by atoms with Gasteiger partial charge in [0.2, 0.25) is 12.0 Å². The molecule has 0 aliphatic rings. The summed E-state index contributed by atoms with van der Waals surface area (Å²) in [6.45, 7) is 9.80. The normalized spacial score (nSPS) is 11.8. The second-order valence-electron chi connectivity index (χ2n) is 13.5. The molecule has 3 aromatic carbocycles. The summed E-state index contributed by atoms with van der Waals surface area (Å²) in [5.41, 5.74) is 2.26. The molecule has 0 saturated carbocycles. The molecule has 0 fully saturated rings. The first-order chi connectivity index (χ1) is 23.8. The zero-order valence-corrected chi connectivity index (χ0v) is 30.7. The summed E-state index contributed by atoms with van der Waals surface area (Å²) in [7, 11) is 0. The number of halogens is 1. The van der Waals surface area contributed by atoms with E-state index in [9.17, 15) is 24.3 Å². The van der Waals surface area contributed by atoms with E-state index in [1.54, 1.807) is 26.8 Å². The average Bonchev–Trinajstić information content (AvgIpc) is 3.07. The van der Waals surface area contributed by atoms with Crippen LogP contribution in [0.5, 0.6) is 11.5 Å². The van der Waals surface area contributed by atoms with Crippen molar-refractivity contribution in [2.24, 2.45) is 5.41 Å². The fourth-order valence-electron chi connectivity index (χ4n) is 5.24. The van der Waals surface area contributed by atoms with Gasteiger partial charge in [0.15, 0.2) is 5.78 Å². The van der Waals surface area contributed by atoms with E-state index in [4.69, 9.17) is 21.1 Å². The van der Waals surface area contributed by atoms with Crippen molar-refractivity contribution in [1.82, 2.24) is 0 Å². The molecule has 270 valence electrons. The molecule has 0 heterocycles. The van der Waals surface area contributed by atoms with Crippen LogP contribution in [0.4, 0.5) is 11.4 Å². The molecule has 1 unspecified atom stereocenters. The van der Waals surface area contributed by atoms with Crippen LogP contribution in [-0.4, -0.2) is 41.4 Å². The number of ketones is 1. The number of rotatable bonds is 20. The third-order valence-electron chi connectivity index (χ3n) is 8.13. The van der Waals surface area contributed by atoms with Gasteiger partial charge in [0.05, 0.1) is 22.9 Å². The number of anilines is 2. The lowest BCUT2D eigenvalue weighted by Crippen LogP contribution is -2.45. The molecule has 3 aromatic rings. The topological polar surface area (TPSA) is 131 Å². The molecule has 0 radical (unpaired) electrons. The first kappa shape index (κ1) is 40.1. The second kappa shape index (κ2) is 19.7. The molecule has 10 heteroatoms. The van der Waals surface area contributed by atoms with E-state index in [1.807, 2.05) is 0 Å². The number of aryl methyl sites for hydroxylation is 2. The summed E-state index contributed by atoms with van der Waals surface area (Å²) in [5, 5.41) is 14.9. The Labute approximate surface area is 301 Å². The molecule has 0 bridgehead atoms. The molecular weight excluding hydrogens is 656 g/mol. The van der Waals surface area contributed by atoms with Gasteiger partial charge in [0, 0.05) is 17.5 Å². The van der Waals surface area contributed by atoms with Crippen molar-refractivity contribution in [2.45, 2.75) is 105 Å². The summed E-state index contributed by atoms with van der Waals surface area (Å²) in [5.74, 6) is -1.57. The summed E-state index contributed by atoms with van der Waals surface area (Å²) >= 11 is 6.39. The molecule has 1 atom stereocenters. The van der Waals surface area contributed by atoms with E-state index < -0.39 is 29.2 Å². The molecule has 50 heavy (non-hydrogen) atoms. The highest BCUT2D eigenvalue weighted by Crippen LogP contribution is 2.28. The highest BCUT2D eigenvalue weighted by atomic mass is 35.5. The highest BCUT2D eigenvalue weighted by molar-refractivity contribution is 6.34. The summed E-state index contributed by atoms with van der Waals surface area (Å²) in [4.78, 5) is 50.7. The average molecular weight is 707 g/mol. The van der Waals surface area contributed by atoms with Gasteiger partial charge >= 0.3 is 5.97 Å². The van der Waals surface area contributed by atoms with Gasteiger partial charge in [0.25, 0.3) is 5.91 Å². The van der Waals surface area contributed by atoms with E-state index in [1.165, 1.54) is 73.2 Å². The summed E-state index contributed by atoms with van der Waals surface area (Å²) < 4.78 is 11.9. The van der Waals surface area contributed by atoms with E-state index in [0.717, 1.165) is 31.4 Å². The minimum atomic E-state index is -1.55. The first-order valence-corrected chi connectivity index (χ1v) is 17.9. The van der Waals surface area contributed by atoms with Crippen molar-refractivity contribution < 1.29 is 33.8 Å². The van der Waals surface area contributed by atoms with Gasteiger partial charge in [0.1, 0.15) is 11.5 Å². The van der Waals surface area contributed by atoms with Gasteiger partial charge in [-0.05, 0) is 91.8 Å². The van der Waals surface area contributed by atoms with Gasteiger partial charge in [-0.15, -0.1) is 0 Å². The fraction of sp³-hybridized carbons (Fsp3) is 0.450. The van der Waals surface area contributed by atoms with Crippen LogP contribution in [0, 0.1) is 5.41 Å². The molecule has 0 aromatic heterocycles. The van der Waals surface area contributed by atoms with E-state index >= 15 is 0 Å². The highest BCUT2D eigenvalue weighted by Gasteiger charge is 2.37. The zero-order valence-electron chi connectivity index (χ0n) is 29.9. The number of aromatic carboxylic acids is 1. The van der Waals surface area contributed by atoms with Gasteiger partial charge in [-0.3, -0.25) is 14.4 Å². The summed E-state index contributed by atoms with van der Waals surface area (Å²) in [6, 6.07) is 16.6. The van der Waals surface area contributed by atoms with Crippen LogP contribution in [0.15, 0.2) is 60.7 Å². The minimum Gasteiger partial charge on any atom is -0.493 e. The number of amides is 2. The zero-order chi connectivity index (χ0) is 36.7. The smallest absolute Gasteiger partial charge is 0.335 e. The lowest BCUT2D eigenvalue weighted by molar-refractivity contribution is -0.140. The number of carbonyl (C=O) groups excluding carboxylic acids is 3. The molecule has 0 aliphatic heterocycles. The number of benzene rings is 3. The maximum atomic E-state index is 13.4. The SMILES string of the molecule is CCCCCc1ccc(OCCCC(=O)Nc2ccc(Cl)c(NC(=O)C(Oc3ccc(C(=O)O)cc3)C(=O)C(C)(C)C)c2)c(CCCCC)c1. The number of hydrogen-bond acceptors (Lipinski definition) is 6. The number of carboxylic acid groups (broad SMARTS) is 1. The van der Waals surface area contributed by atoms with Crippen molar-refractivity contribution >= 4 is 46.5 Å². The molecular formula is C40H51ClN2O7. The Morgan fingerprint density at radius 1 is 0.820 bits per heavy atom. The van der Waals surface area contributed by atoms with E-state index in [-0.39, 0.29) is 34.4 Å². The monoisotopic (exact) mass is 706 g/mol. The van der Waals surface area contributed by atoms with Crippen LogP contribution < -0.4 is 20.1 Å². The number of unbranched alkanes of at least 4 members (excludes halogenated alkanes) is 4. The number of nitrogens with one attached hydrogen (secondary N) is 2. The van der Waals surface area contributed by atoms with Crippen molar-refractivity contribution in [3.8, 4) is 11.5 Å². The van der Waals surface area contributed by atoms with Crippen LogP contribution in [0.3, 0.4) is 0 Å². The van der Waals surface area contributed by atoms with Crippen molar-refractivity contribution in [2.75, 3.05) is 17.2 Å². The molecule has 0 aliphatic carbocycles. The number of ether oxygens (including phenoxy) is 2. The molecule has 9 nitrogen and oxygen atoms in total. The van der Waals surface area contributed by atoms with Crippen LogP contribution in [0.25, 0.3) is 0 Å². The first-order valence-electron chi connectivity index (χ1n) is 17.5. The molecule has 2 amide bonds. The van der Waals surface area contributed by atoms with Crippen LogP contribution >= 0.6 is 11.6 Å². The standard InChI is InChI=1S/C40H51ClN2O7/c1-6-8-10-13-27-16-23-34(29(25-27)14-11-9-7-2)49-24-12-15-35(44)42-30-19-22-32(41)33(26-30)43-38(46)36(37(45)40(3,4)5)50-31-20-17-28(18-21-31)39(47)48/h16-23,25-26,36H,6-15,24H2,1-5H3,(H,42,44)(H,43,46)(H,47,48). The molecule has 0 spiro atoms. The van der Waals surface area contributed by atoms with Crippen LogP contribution in [0.2, 0.25) is 5.02 Å². The fourth-order valence-corrected chi connectivity index (χ4v) is 5.40. The Bertz CT molecular complexity index is 1600. The van der Waals surface area contributed by atoms with Crippen molar-refractivity contribution in [3.05, 3.63) is 82.4 Å². The predicted octanol–water partition coefficient (Wildman–Crippen LogP) is 9.30. The van der Waals surface area contributed by atoms with Gasteiger partial charge in [-0.1, -0.05) is 84.0 Å². The largest absolute Gasteiger partial charge is 0.493 e. The van der Waals surface area contributed by atoms with E-state index in [0.29, 0.717) is 18.7 Å². The lowest BCUT2D eigenvalue weighted by atomic mass is 9.87. The predicted molar refractivity (Wildman–Crippen MR) is 199 cm³/mol. The van der Waals surface area contributed by atoms with Crippen LogP contribution in [-0.2, 0) is 27.2 Å². The van der Waals surface area contributed by atoms with Crippen molar-refractivity contribution in [1.29, 1.82) is 0 Å². The Hall–Kier alpha value is -4.37. The number of carbonyl (C=O) groups is 4. The van der Waals surface area contributed by atoms with Gasteiger partial charge in [-0.25, -0.2) is 4.79 Å². The third kappa shape index (κ3) is 12.8. The maximum Gasteiger partial charge on any atom is 0.335 e. The maximum absolute atomic E-state index is 13.4. The summed E-state index contributed by atoms with van der Waals surface area (Å²) in [6.07, 6.45) is 8.25. The lowest BCUT2D eigenvalue weighted by Gasteiger charge is -2.25. The van der Waals surface area contributed by atoms with Gasteiger partial charge < -0.3 is 25.2 Å². The Balaban J connectivity index is 1.61. The Morgan fingerprint density at radius 3 is 2.14 bits per heavy atom. The molecule has 3 rings (SSSR count). The second-order valence-corrected chi connectivity index (χ2v) is 13.9. The molecule has 3 N–H and O–H groups in total. The number of hydrogen-bond donors (Lipinski definition) is 3. The Kier molecular flexibility index (Phi) is 15.8. The number of Topliss-reactive ketones (excluding diaryl/α,β-unsaturated/α-hetero) is 1. The van der Waals surface area contributed by atoms with Gasteiger partial charge in [-0.2, -0.15) is 0 Å². The van der Waals surface area contributed by atoms with Crippen LogP contribution in [0.1, 0.15) is 107 Å². The third-order valence-corrected chi connectivity index (χ3v) is 8.46. The number of carboxylic acids is 1. The van der Waals surface area contributed by atoms with Crippen molar-refractivity contribution in [3.63, 3.8) is 0 Å². The minimum absolute atomic E-state index is 0.0356.